The van der Waals surface area contributed by atoms with Crippen molar-refractivity contribution in [2.45, 2.75) is 13.5 Å². The molecule has 0 spiro atoms. The molecule has 0 aliphatic rings. The zero-order chi connectivity index (χ0) is 20.2. The van der Waals surface area contributed by atoms with Crippen molar-refractivity contribution in [1.29, 1.82) is 0 Å². The van der Waals surface area contributed by atoms with Gasteiger partial charge in [0.25, 0.3) is 0 Å². The number of aryl methyl sites for hydroxylation is 1. The molecule has 0 aliphatic carbocycles. The zero-order valence-corrected chi connectivity index (χ0v) is 16.2. The molecule has 9 nitrogen and oxygen atoms in total. The predicted octanol–water partition coefficient (Wildman–Crippen LogP) is 3.42. The molecule has 0 amide bonds. The van der Waals surface area contributed by atoms with Gasteiger partial charge >= 0.3 is 0 Å². The van der Waals surface area contributed by atoms with Crippen LogP contribution < -0.4 is 14.8 Å². The molecule has 10 heteroatoms. The van der Waals surface area contributed by atoms with Crippen LogP contribution in [0, 0.1) is 6.92 Å². The molecule has 4 rings (SSSR count). The topological polar surface area (TPSA) is 125 Å². The Labute approximate surface area is 169 Å². The summed E-state index contributed by atoms with van der Waals surface area (Å²) in [6.07, 6.45) is 3.20. The van der Waals surface area contributed by atoms with Crippen LogP contribution >= 0.6 is 0 Å². The summed E-state index contributed by atoms with van der Waals surface area (Å²) in [5, 5.41) is 4.12. The van der Waals surface area contributed by atoms with Crippen LogP contribution in [-0.4, -0.2) is 28.7 Å². The molecule has 0 aliphatic heterocycles. The molecule has 0 bridgehead atoms. The monoisotopic (exact) mass is 410 g/mol. The van der Waals surface area contributed by atoms with Gasteiger partial charge in [-0.05, 0) is 43.3 Å². The van der Waals surface area contributed by atoms with Crippen molar-refractivity contribution in [1.82, 2.24) is 24.7 Å². The van der Waals surface area contributed by atoms with E-state index in [2.05, 4.69) is 36.0 Å². The lowest BCUT2D eigenvalue weighted by Gasteiger charge is -2.08. The largest absolute Gasteiger partial charge is 0.439 e. The average Bonchev–Trinajstić information content (AvgIpc) is 3.07. The van der Waals surface area contributed by atoms with Crippen molar-refractivity contribution in [2.75, 3.05) is 5.32 Å². The molecular weight excluding hydrogens is 392 g/mol. The fraction of sp³-hybridized carbons (Fsp3) is 0.105. The van der Waals surface area contributed by atoms with Gasteiger partial charge in [0.2, 0.25) is 23.1 Å². The van der Waals surface area contributed by atoms with Crippen LogP contribution in [0.1, 0.15) is 11.4 Å². The van der Waals surface area contributed by atoms with Gasteiger partial charge in [-0.25, -0.2) is 13.9 Å². The molecule has 3 aromatic heterocycles. The number of aromatic amines is 1. The van der Waals surface area contributed by atoms with E-state index >= 15 is 0 Å². The SMILES string of the molecule is Cc1cc2cc(Oc3ccnc(Nc4ccc(CNS(=O)O)nc4)n3)ccc2[nH]1. The lowest BCUT2D eigenvalue weighted by Crippen LogP contribution is -2.16. The highest BCUT2D eigenvalue weighted by Gasteiger charge is 2.06. The maximum atomic E-state index is 10.6. The molecule has 1 unspecified atom stereocenters. The Kier molecular flexibility index (Phi) is 5.47. The van der Waals surface area contributed by atoms with Crippen molar-refractivity contribution in [3.63, 3.8) is 0 Å². The second-order valence-electron chi connectivity index (χ2n) is 6.26. The molecule has 1 aromatic carbocycles. The minimum atomic E-state index is -2.07. The average molecular weight is 410 g/mol. The summed E-state index contributed by atoms with van der Waals surface area (Å²) in [6.45, 7) is 2.20. The second-order valence-corrected chi connectivity index (χ2v) is 7.04. The number of rotatable bonds is 7. The lowest BCUT2D eigenvalue weighted by atomic mass is 10.2. The first kappa shape index (κ1) is 19.0. The van der Waals surface area contributed by atoms with Crippen LogP contribution in [0.5, 0.6) is 11.6 Å². The quantitative estimate of drug-likeness (QED) is 0.344. The number of ether oxygens (including phenoxy) is 1. The number of hydrogen-bond acceptors (Lipinski definition) is 6. The molecule has 29 heavy (non-hydrogen) atoms. The van der Waals surface area contributed by atoms with E-state index in [0.29, 0.717) is 29.0 Å². The van der Waals surface area contributed by atoms with E-state index in [1.165, 1.54) is 0 Å². The number of nitrogens with one attached hydrogen (secondary N) is 3. The third-order valence-corrected chi connectivity index (χ3v) is 4.43. The van der Waals surface area contributed by atoms with Gasteiger partial charge in [-0.15, -0.1) is 0 Å². The summed E-state index contributed by atoms with van der Waals surface area (Å²) in [7, 11) is 0. The van der Waals surface area contributed by atoms with Crippen molar-refractivity contribution >= 4 is 33.8 Å². The number of anilines is 2. The number of pyridine rings is 1. The molecule has 0 saturated heterocycles. The molecule has 0 fully saturated rings. The van der Waals surface area contributed by atoms with E-state index in [1.807, 2.05) is 25.1 Å². The van der Waals surface area contributed by atoms with Crippen LogP contribution in [0.15, 0.2) is 54.9 Å². The third kappa shape index (κ3) is 4.93. The number of H-pyrrole nitrogens is 1. The summed E-state index contributed by atoms with van der Waals surface area (Å²) < 4.78 is 27.6. The highest BCUT2D eigenvalue weighted by Crippen LogP contribution is 2.25. The van der Waals surface area contributed by atoms with E-state index < -0.39 is 11.3 Å². The number of fused-ring (bicyclic) bond motifs is 1. The fourth-order valence-corrected chi connectivity index (χ4v) is 3.04. The number of nitrogens with zero attached hydrogens (tertiary/aromatic N) is 3. The Morgan fingerprint density at radius 3 is 2.86 bits per heavy atom. The van der Waals surface area contributed by atoms with Crippen molar-refractivity contribution < 1.29 is 13.5 Å². The molecule has 0 saturated carbocycles. The minimum absolute atomic E-state index is 0.189. The zero-order valence-electron chi connectivity index (χ0n) is 15.4. The normalized spacial score (nSPS) is 12.1. The number of benzene rings is 1. The maximum absolute atomic E-state index is 10.6. The smallest absolute Gasteiger partial charge is 0.232 e. The lowest BCUT2D eigenvalue weighted by molar-refractivity contribution is 0.463. The molecular formula is C19H18N6O3S. The summed E-state index contributed by atoms with van der Waals surface area (Å²) in [5.41, 5.74) is 3.45. The van der Waals surface area contributed by atoms with Gasteiger partial charge in [0.1, 0.15) is 5.75 Å². The van der Waals surface area contributed by atoms with Crippen molar-refractivity contribution in [3.05, 3.63) is 66.2 Å². The Bertz CT molecular complexity index is 1160. The van der Waals surface area contributed by atoms with Gasteiger partial charge in [0.05, 0.1) is 24.1 Å². The summed E-state index contributed by atoms with van der Waals surface area (Å²) in [5.74, 6) is 1.46. The van der Waals surface area contributed by atoms with E-state index in [4.69, 9.17) is 9.29 Å². The first-order chi connectivity index (χ1) is 14.0. The molecule has 4 aromatic rings. The van der Waals surface area contributed by atoms with Crippen LogP contribution in [0.2, 0.25) is 0 Å². The second kappa shape index (κ2) is 8.35. The Balaban J connectivity index is 1.44. The highest BCUT2D eigenvalue weighted by molar-refractivity contribution is 7.77. The van der Waals surface area contributed by atoms with Crippen LogP contribution in [0.3, 0.4) is 0 Å². The van der Waals surface area contributed by atoms with Crippen molar-refractivity contribution in [3.8, 4) is 11.6 Å². The maximum Gasteiger partial charge on any atom is 0.232 e. The molecule has 148 valence electrons. The van der Waals surface area contributed by atoms with Gasteiger partial charge in [-0.3, -0.25) is 9.54 Å². The van der Waals surface area contributed by atoms with Gasteiger partial charge in [0.15, 0.2) is 0 Å². The first-order valence-electron chi connectivity index (χ1n) is 8.72. The first-order valence-corrected chi connectivity index (χ1v) is 9.82. The predicted molar refractivity (Wildman–Crippen MR) is 110 cm³/mol. The Morgan fingerprint density at radius 1 is 1.17 bits per heavy atom. The van der Waals surface area contributed by atoms with Crippen molar-refractivity contribution in [2.24, 2.45) is 0 Å². The van der Waals surface area contributed by atoms with E-state index in [0.717, 1.165) is 16.6 Å². The molecule has 3 heterocycles. The number of hydrogen-bond donors (Lipinski definition) is 4. The van der Waals surface area contributed by atoms with Crippen LogP contribution in [0.4, 0.5) is 11.6 Å². The van der Waals surface area contributed by atoms with Crippen LogP contribution in [0.25, 0.3) is 10.9 Å². The minimum Gasteiger partial charge on any atom is -0.439 e. The van der Waals surface area contributed by atoms with Gasteiger partial charge in [-0.1, -0.05) is 0 Å². The van der Waals surface area contributed by atoms with E-state index in [9.17, 15) is 4.21 Å². The summed E-state index contributed by atoms with van der Waals surface area (Å²) >= 11 is -2.07. The Morgan fingerprint density at radius 2 is 2.07 bits per heavy atom. The molecule has 4 N–H and O–H groups in total. The molecule has 0 radical (unpaired) electrons. The van der Waals surface area contributed by atoms with E-state index in [1.54, 1.807) is 30.6 Å². The van der Waals surface area contributed by atoms with Gasteiger partial charge < -0.3 is 15.0 Å². The number of aromatic nitrogens is 4. The van der Waals surface area contributed by atoms with E-state index in [-0.39, 0.29) is 6.54 Å². The third-order valence-electron chi connectivity index (χ3n) is 4.04. The van der Waals surface area contributed by atoms with Gasteiger partial charge in [0, 0.05) is 28.9 Å². The summed E-state index contributed by atoms with van der Waals surface area (Å²) in [4.78, 5) is 16.0. The highest BCUT2D eigenvalue weighted by atomic mass is 32.2. The summed E-state index contributed by atoms with van der Waals surface area (Å²) in [6, 6.07) is 13.0. The molecule has 1 atom stereocenters. The van der Waals surface area contributed by atoms with Crippen LogP contribution in [-0.2, 0) is 17.8 Å². The van der Waals surface area contributed by atoms with Gasteiger partial charge in [-0.2, -0.15) is 4.98 Å². The standard InChI is InChI=1S/C19H18N6O3S/c1-12-8-13-9-16(4-5-17(13)23-12)28-18-6-7-20-19(25-18)24-15-3-2-14(21-10-15)11-22-29(26)27/h2-10,22-23H,11H2,1H3,(H,26,27)(H,20,24,25). The fourth-order valence-electron chi connectivity index (χ4n) is 2.77. The Hall–Kier alpha value is -3.34.